The average molecular weight is 609 g/mol. The van der Waals surface area contributed by atoms with Crippen molar-refractivity contribution in [2.45, 2.75) is 112 Å². The van der Waals surface area contributed by atoms with Crippen LogP contribution in [-0.2, 0) is 20.9 Å². The van der Waals surface area contributed by atoms with E-state index in [0.717, 1.165) is 50.5 Å². The molecular formula is C38H56O6. The van der Waals surface area contributed by atoms with Gasteiger partial charge in [-0.15, -0.1) is 0 Å². The molecule has 1 aromatic rings. The lowest BCUT2D eigenvalue weighted by molar-refractivity contribution is -0.244. The van der Waals surface area contributed by atoms with Crippen LogP contribution in [0.15, 0.2) is 42.0 Å². The highest BCUT2D eigenvalue weighted by atomic mass is 16.7. The predicted octanol–water partition coefficient (Wildman–Crippen LogP) is 6.67. The molecule has 0 radical (unpaired) electrons. The number of hydrogen-bond donors (Lipinski definition) is 3. The predicted molar refractivity (Wildman–Crippen MR) is 170 cm³/mol. The summed E-state index contributed by atoms with van der Waals surface area (Å²) < 4.78 is 11.8. The van der Waals surface area contributed by atoms with Crippen molar-refractivity contribution in [3.63, 3.8) is 0 Å². The molecule has 0 aromatic heterocycles. The number of carbonyl (C=O) groups is 1. The van der Waals surface area contributed by atoms with E-state index < -0.39 is 23.0 Å². The molecule has 0 amide bonds. The van der Waals surface area contributed by atoms with Crippen LogP contribution in [0.25, 0.3) is 0 Å². The van der Waals surface area contributed by atoms with Crippen molar-refractivity contribution in [1.82, 2.24) is 0 Å². The number of hydrogen-bond acceptors (Lipinski definition) is 6. The third-order valence-corrected chi connectivity index (χ3v) is 14.9. The Morgan fingerprint density at radius 3 is 2.39 bits per heavy atom. The molecule has 0 aliphatic heterocycles. The van der Waals surface area contributed by atoms with Crippen molar-refractivity contribution in [3.05, 3.63) is 47.5 Å². The molecule has 1 aromatic carbocycles. The zero-order valence-corrected chi connectivity index (χ0v) is 27.9. The number of fused-ring (bicyclic) bond motifs is 7. The Bertz CT molecular complexity index is 1260. The van der Waals surface area contributed by atoms with E-state index in [4.69, 9.17) is 9.47 Å². The zero-order chi connectivity index (χ0) is 31.7. The molecule has 244 valence electrons. The van der Waals surface area contributed by atoms with E-state index in [1.54, 1.807) is 0 Å². The summed E-state index contributed by atoms with van der Waals surface area (Å²) in [4.78, 5) is 14.2. The number of allylic oxidation sites excluding steroid dienone is 2. The van der Waals surface area contributed by atoms with Crippen LogP contribution in [0.5, 0.6) is 0 Å². The average Bonchev–Trinajstić information content (AvgIpc) is 3.00. The highest BCUT2D eigenvalue weighted by Gasteiger charge is 2.70. The Hall–Kier alpha value is -1.73. The standard InChI is InChI=1S/C38H56O6/c1-24-14-17-38(33(42)44-23-43-21-26-10-8-7-9-11-26)19-18-36(5)27(31(38)25(24)2)12-13-30-34(3)20-28(40)32(41)35(4,22-39)29(34)15-16-37(30,36)6/h7-12,24-25,28-32,39-41H,13-23H2,1-6H3/t24-,25+,28-,29?,30?,31?,32+,34+,35+,36-,37-,38+/m1/s1. The molecule has 6 rings (SSSR count). The van der Waals surface area contributed by atoms with Crippen LogP contribution in [0.2, 0.25) is 0 Å². The molecule has 3 N–H and O–H groups in total. The fourth-order valence-electron chi connectivity index (χ4n) is 12.0. The maximum Gasteiger partial charge on any atom is 0.314 e. The SMILES string of the molecule is C[C@@H]1CC[C@]2(C(=O)OCOCc3ccccc3)CC[C@]3(C)C(=CCC4[C@@]5(C)C[C@@H](O)[C@H](O)[C@@](C)(CO)C5CC[C@]43C)C2[C@H]1C. The number of ether oxygens (including phenoxy) is 2. The number of esters is 1. The molecule has 5 aliphatic rings. The van der Waals surface area contributed by atoms with Gasteiger partial charge in [0.25, 0.3) is 0 Å². The Balaban J connectivity index is 1.31. The quantitative estimate of drug-likeness (QED) is 0.145. The van der Waals surface area contributed by atoms with Crippen LogP contribution in [0, 0.1) is 56.7 Å². The molecule has 6 heteroatoms. The third kappa shape index (κ3) is 4.44. The first-order chi connectivity index (χ1) is 20.8. The van der Waals surface area contributed by atoms with Crippen molar-refractivity contribution >= 4 is 5.97 Å². The van der Waals surface area contributed by atoms with E-state index >= 15 is 0 Å². The largest absolute Gasteiger partial charge is 0.438 e. The Labute approximate surface area is 264 Å². The van der Waals surface area contributed by atoms with Gasteiger partial charge in [0.15, 0.2) is 6.79 Å². The van der Waals surface area contributed by atoms with Crippen LogP contribution in [0.3, 0.4) is 0 Å². The first-order valence-electron chi connectivity index (χ1n) is 17.2. The minimum Gasteiger partial charge on any atom is -0.438 e. The normalized spacial score (nSPS) is 48.2. The summed E-state index contributed by atoms with van der Waals surface area (Å²) in [6, 6.07) is 9.98. The summed E-state index contributed by atoms with van der Waals surface area (Å²) >= 11 is 0. The van der Waals surface area contributed by atoms with E-state index in [1.165, 1.54) is 5.57 Å². The van der Waals surface area contributed by atoms with Crippen molar-refractivity contribution in [2.24, 2.45) is 56.7 Å². The zero-order valence-electron chi connectivity index (χ0n) is 27.9. The van der Waals surface area contributed by atoms with E-state index in [0.29, 0.717) is 30.8 Å². The summed E-state index contributed by atoms with van der Waals surface area (Å²) in [5.74, 6) is 1.39. The molecule has 0 heterocycles. The van der Waals surface area contributed by atoms with Crippen molar-refractivity contribution in [2.75, 3.05) is 13.4 Å². The molecule has 0 spiro atoms. The number of benzene rings is 1. The molecule has 0 saturated heterocycles. The first kappa shape index (κ1) is 32.2. The van der Waals surface area contributed by atoms with Crippen LogP contribution in [-0.4, -0.2) is 46.9 Å². The van der Waals surface area contributed by atoms with Gasteiger partial charge in [0.05, 0.1) is 30.8 Å². The van der Waals surface area contributed by atoms with Gasteiger partial charge >= 0.3 is 5.97 Å². The van der Waals surface area contributed by atoms with Gasteiger partial charge in [0.1, 0.15) is 0 Å². The Morgan fingerprint density at radius 2 is 1.68 bits per heavy atom. The molecule has 0 bridgehead atoms. The molecule has 44 heavy (non-hydrogen) atoms. The van der Waals surface area contributed by atoms with Gasteiger partial charge in [0, 0.05) is 5.41 Å². The third-order valence-electron chi connectivity index (χ3n) is 14.9. The lowest BCUT2D eigenvalue weighted by Gasteiger charge is -2.71. The van der Waals surface area contributed by atoms with E-state index in [1.807, 2.05) is 37.3 Å². The van der Waals surface area contributed by atoms with Gasteiger partial charge in [-0.2, -0.15) is 0 Å². The summed E-state index contributed by atoms with van der Waals surface area (Å²) in [6.45, 7) is 14.2. The topological polar surface area (TPSA) is 96.2 Å². The van der Waals surface area contributed by atoms with Gasteiger partial charge in [-0.3, -0.25) is 4.79 Å². The smallest absolute Gasteiger partial charge is 0.314 e. The van der Waals surface area contributed by atoms with Gasteiger partial charge in [-0.1, -0.05) is 83.5 Å². The fourth-order valence-corrected chi connectivity index (χ4v) is 12.0. The van der Waals surface area contributed by atoms with Crippen LogP contribution in [0.4, 0.5) is 0 Å². The van der Waals surface area contributed by atoms with Gasteiger partial charge in [-0.05, 0) is 103 Å². The molecule has 4 saturated carbocycles. The lowest BCUT2D eigenvalue weighted by Crippen LogP contribution is -2.68. The summed E-state index contributed by atoms with van der Waals surface area (Å²) in [6.07, 6.45) is 7.79. The number of rotatable bonds is 6. The van der Waals surface area contributed by atoms with Crippen LogP contribution < -0.4 is 0 Å². The maximum absolute atomic E-state index is 14.2. The maximum atomic E-state index is 14.2. The molecule has 6 nitrogen and oxygen atoms in total. The van der Waals surface area contributed by atoms with Crippen molar-refractivity contribution in [3.8, 4) is 0 Å². The number of aliphatic hydroxyl groups excluding tert-OH is 3. The van der Waals surface area contributed by atoms with Gasteiger partial charge in [-0.25, -0.2) is 0 Å². The van der Waals surface area contributed by atoms with Crippen LogP contribution >= 0.6 is 0 Å². The second-order valence-corrected chi connectivity index (χ2v) is 16.6. The second-order valence-electron chi connectivity index (χ2n) is 16.6. The fraction of sp³-hybridized carbons (Fsp3) is 0.763. The van der Waals surface area contributed by atoms with E-state index in [9.17, 15) is 20.1 Å². The van der Waals surface area contributed by atoms with E-state index in [-0.39, 0.29) is 47.4 Å². The van der Waals surface area contributed by atoms with Crippen molar-refractivity contribution in [1.29, 1.82) is 0 Å². The van der Waals surface area contributed by atoms with Gasteiger partial charge in [0.2, 0.25) is 0 Å². The molecule has 4 fully saturated rings. The molecule has 5 aliphatic carbocycles. The van der Waals surface area contributed by atoms with E-state index in [2.05, 4.69) is 40.7 Å². The number of carbonyl (C=O) groups excluding carboxylic acids is 1. The first-order valence-corrected chi connectivity index (χ1v) is 17.2. The monoisotopic (exact) mass is 608 g/mol. The Morgan fingerprint density at radius 1 is 0.955 bits per heavy atom. The second kappa shape index (κ2) is 11.2. The number of aliphatic hydroxyl groups is 3. The minimum absolute atomic E-state index is 0.0179. The summed E-state index contributed by atoms with van der Waals surface area (Å²) in [5.41, 5.74) is 0.972. The van der Waals surface area contributed by atoms with Crippen LogP contribution in [0.1, 0.15) is 98.5 Å². The molecule has 12 atom stereocenters. The van der Waals surface area contributed by atoms with Crippen molar-refractivity contribution < 1.29 is 29.6 Å². The lowest BCUT2D eigenvalue weighted by atomic mass is 9.33. The Kier molecular flexibility index (Phi) is 8.21. The molecule has 3 unspecified atom stereocenters. The highest BCUT2D eigenvalue weighted by molar-refractivity contribution is 5.78. The minimum atomic E-state index is -0.914. The van der Waals surface area contributed by atoms with Gasteiger partial charge < -0.3 is 24.8 Å². The summed E-state index contributed by atoms with van der Waals surface area (Å²) in [5, 5.41) is 32.8. The highest BCUT2D eigenvalue weighted by Crippen LogP contribution is 2.75. The molecular weight excluding hydrogens is 552 g/mol. The summed E-state index contributed by atoms with van der Waals surface area (Å²) in [7, 11) is 0.